The van der Waals surface area contributed by atoms with Crippen molar-refractivity contribution >= 4 is 23.2 Å². The molecular weight excluding hydrogens is 381 g/mol. The highest BCUT2D eigenvalue weighted by Crippen LogP contribution is 2.43. The van der Waals surface area contributed by atoms with Crippen molar-refractivity contribution in [2.24, 2.45) is 5.92 Å². The Kier molecular flexibility index (Phi) is 6.83. The Hall–Kier alpha value is -1.10. The van der Waals surface area contributed by atoms with Gasteiger partial charge in [0, 0.05) is 35.6 Å². The first kappa shape index (κ1) is 20.6. The van der Waals surface area contributed by atoms with Gasteiger partial charge in [-0.15, -0.1) is 0 Å². The molecule has 1 heterocycles. The van der Waals surface area contributed by atoms with E-state index in [-0.39, 0.29) is 11.8 Å². The highest BCUT2D eigenvalue weighted by Gasteiger charge is 2.43. The van der Waals surface area contributed by atoms with E-state index >= 15 is 0 Å². The van der Waals surface area contributed by atoms with E-state index in [0.717, 1.165) is 44.0 Å². The zero-order valence-corrected chi connectivity index (χ0v) is 17.4. The smallest absolute Gasteiger partial charge is 0.0999 e. The molecule has 1 N–H and O–H groups in total. The Morgan fingerprint density at radius 3 is 2.00 bits per heavy atom. The lowest BCUT2D eigenvalue weighted by Crippen LogP contribution is -2.47. The molecule has 3 nitrogen and oxygen atoms in total. The second-order valence-corrected chi connectivity index (χ2v) is 8.38. The minimum atomic E-state index is -1.03. The molecule has 5 heteroatoms. The Morgan fingerprint density at radius 2 is 1.48 bits per heavy atom. The molecule has 0 bridgehead atoms. The molecule has 2 aromatic carbocycles. The molecule has 146 valence electrons. The van der Waals surface area contributed by atoms with Crippen LogP contribution in [0.1, 0.15) is 30.9 Å². The number of aliphatic hydroxyl groups is 1. The topological polar surface area (TPSA) is 32.7 Å². The number of ether oxygens (including phenoxy) is 1. The average molecular weight is 408 g/mol. The molecule has 3 rings (SSSR count). The van der Waals surface area contributed by atoms with Crippen molar-refractivity contribution in [1.82, 2.24) is 4.90 Å². The lowest BCUT2D eigenvalue weighted by molar-refractivity contribution is -0.0547. The summed E-state index contributed by atoms with van der Waals surface area (Å²) in [5, 5.41) is 13.4. The summed E-state index contributed by atoms with van der Waals surface area (Å²) in [4.78, 5) is 2.37. The van der Waals surface area contributed by atoms with E-state index < -0.39 is 5.60 Å². The number of halogens is 2. The number of rotatable bonds is 6. The first-order valence-electron chi connectivity index (χ1n) is 9.45. The fourth-order valence-corrected chi connectivity index (χ4v) is 4.14. The van der Waals surface area contributed by atoms with Crippen LogP contribution in [-0.4, -0.2) is 42.9 Å². The largest absolute Gasteiger partial charge is 0.384 e. The molecule has 0 aromatic heterocycles. The molecule has 1 fully saturated rings. The van der Waals surface area contributed by atoms with Gasteiger partial charge < -0.3 is 9.84 Å². The van der Waals surface area contributed by atoms with Crippen molar-refractivity contribution in [2.75, 3.05) is 32.8 Å². The molecular formula is C22H27Cl2NO2. The zero-order valence-electron chi connectivity index (χ0n) is 15.9. The van der Waals surface area contributed by atoms with Crippen molar-refractivity contribution in [2.45, 2.75) is 25.4 Å². The molecule has 0 unspecified atom stereocenters. The molecule has 0 amide bonds. The lowest BCUT2D eigenvalue weighted by atomic mass is 9.70. The first-order valence-corrected chi connectivity index (χ1v) is 10.2. The van der Waals surface area contributed by atoms with Gasteiger partial charge in [0.2, 0.25) is 0 Å². The Labute approximate surface area is 171 Å². The van der Waals surface area contributed by atoms with Gasteiger partial charge in [0.05, 0.1) is 18.8 Å². The fraction of sp³-hybridized carbons (Fsp3) is 0.455. The van der Waals surface area contributed by atoms with Crippen LogP contribution in [0, 0.1) is 5.92 Å². The molecule has 1 aliphatic rings. The minimum absolute atomic E-state index is 0.0143. The third-order valence-electron chi connectivity index (χ3n) is 5.53. The second kappa shape index (κ2) is 8.93. The molecule has 2 aromatic rings. The maximum atomic E-state index is 12.0. The van der Waals surface area contributed by atoms with Gasteiger partial charge in [-0.25, -0.2) is 0 Å². The lowest BCUT2D eigenvalue weighted by Gasteiger charge is -2.43. The van der Waals surface area contributed by atoms with Gasteiger partial charge in [-0.2, -0.15) is 0 Å². The van der Waals surface area contributed by atoms with Crippen molar-refractivity contribution in [3.05, 3.63) is 69.7 Å². The molecule has 1 saturated heterocycles. The van der Waals surface area contributed by atoms with Gasteiger partial charge in [-0.3, -0.25) is 4.90 Å². The van der Waals surface area contributed by atoms with E-state index in [1.165, 1.54) is 0 Å². The Bertz CT molecular complexity index is 727. The molecule has 1 aliphatic heterocycles. The summed E-state index contributed by atoms with van der Waals surface area (Å²) in [6, 6.07) is 15.4. The van der Waals surface area contributed by atoms with Crippen LogP contribution in [0.2, 0.25) is 10.0 Å². The molecule has 0 spiro atoms. The van der Waals surface area contributed by atoms with E-state index in [0.29, 0.717) is 10.0 Å². The monoisotopic (exact) mass is 407 g/mol. The first-order chi connectivity index (χ1) is 12.9. The van der Waals surface area contributed by atoms with E-state index in [1.807, 2.05) is 48.5 Å². The summed E-state index contributed by atoms with van der Waals surface area (Å²) >= 11 is 12.2. The molecule has 27 heavy (non-hydrogen) atoms. The number of hydrogen-bond donors (Lipinski definition) is 1. The maximum Gasteiger partial charge on any atom is 0.0999 e. The van der Waals surface area contributed by atoms with E-state index in [9.17, 15) is 5.11 Å². The van der Waals surface area contributed by atoms with Gasteiger partial charge in [-0.05, 0) is 41.3 Å². The van der Waals surface area contributed by atoms with Crippen molar-refractivity contribution < 1.29 is 9.84 Å². The number of benzene rings is 2. The molecule has 2 atom stereocenters. The summed E-state index contributed by atoms with van der Waals surface area (Å²) in [5.41, 5.74) is 0.934. The Balaban J connectivity index is 2.03. The van der Waals surface area contributed by atoms with E-state index in [1.54, 1.807) is 0 Å². The van der Waals surface area contributed by atoms with Crippen LogP contribution in [0.3, 0.4) is 0 Å². The van der Waals surface area contributed by atoms with Crippen molar-refractivity contribution in [3.63, 3.8) is 0 Å². The van der Waals surface area contributed by atoms with Gasteiger partial charge in [0.1, 0.15) is 0 Å². The zero-order chi connectivity index (χ0) is 19.4. The number of morpholine rings is 1. The van der Waals surface area contributed by atoms with E-state index in [4.69, 9.17) is 27.9 Å². The Morgan fingerprint density at radius 1 is 0.963 bits per heavy atom. The average Bonchev–Trinajstić information content (AvgIpc) is 2.67. The van der Waals surface area contributed by atoms with Crippen LogP contribution in [-0.2, 0) is 10.3 Å². The van der Waals surface area contributed by atoms with Crippen molar-refractivity contribution in [1.29, 1.82) is 0 Å². The van der Waals surface area contributed by atoms with Gasteiger partial charge >= 0.3 is 0 Å². The summed E-state index contributed by atoms with van der Waals surface area (Å²) in [7, 11) is 0. The second-order valence-electron chi connectivity index (χ2n) is 7.50. The minimum Gasteiger partial charge on any atom is -0.384 e. The normalized spacial score (nSPS) is 19.0. The van der Waals surface area contributed by atoms with Gasteiger partial charge in [0.25, 0.3) is 0 Å². The predicted molar refractivity (Wildman–Crippen MR) is 112 cm³/mol. The van der Waals surface area contributed by atoms with Crippen LogP contribution >= 0.6 is 23.2 Å². The fourth-order valence-electron chi connectivity index (χ4n) is 3.89. The summed E-state index contributed by atoms with van der Waals surface area (Å²) < 4.78 is 5.50. The van der Waals surface area contributed by atoms with Crippen molar-refractivity contribution in [3.8, 4) is 0 Å². The quantitative estimate of drug-likeness (QED) is 0.734. The van der Waals surface area contributed by atoms with Crippen LogP contribution in [0.4, 0.5) is 0 Å². The number of hydrogen-bond acceptors (Lipinski definition) is 3. The van der Waals surface area contributed by atoms with Gasteiger partial charge in [-0.1, -0.05) is 61.3 Å². The summed E-state index contributed by atoms with van der Waals surface area (Å²) in [6.07, 6.45) is 0. The molecule has 0 saturated carbocycles. The maximum absolute atomic E-state index is 12.0. The highest BCUT2D eigenvalue weighted by molar-refractivity contribution is 6.30. The van der Waals surface area contributed by atoms with Crippen LogP contribution in [0.5, 0.6) is 0 Å². The van der Waals surface area contributed by atoms with E-state index in [2.05, 4.69) is 18.7 Å². The highest BCUT2D eigenvalue weighted by atomic mass is 35.5. The van der Waals surface area contributed by atoms with Crippen LogP contribution in [0.15, 0.2) is 48.5 Å². The third-order valence-corrected chi connectivity index (χ3v) is 6.04. The SMILES string of the molecule is CC(C)[C@@](O)(c1ccc(Cl)cc1)[C@@H](CN1CCOCC1)c1ccc(Cl)cc1. The summed E-state index contributed by atoms with van der Waals surface area (Å²) in [6.45, 7) is 8.09. The molecule has 0 radical (unpaired) electrons. The van der Waals surface area contributed by atoms with Crippen LogP contribution < -0.4 is 0 Å². The predicted octanol–water partition coefficient (Wildman–Crippen LogP) is 4.95. The molecule has 0 aliphatic carbocycles. The summed E-state index contributed by atoms with van der Waals surface area (Å²) in [5.74, 6) is -0.0885. The standard InChI is InChI=1S/C22H27Cl2NO2/c1-16(2)22(26,18-5-9-20(24)10-6-18)21(15-25-11-13-27-14-12-25)17-3-7-19(23)8-4-17/h3-10,16,21,26H,11-15H2,1-2H3/t21-,22+/m0/s1. The third kappa shape index (κ3) is 4.67. The van der Waals surface area contributed by atoms with Gasteiger partial charge in [0.15, 0.2) is 0 Å². The van der Waals surface area contributed by atoms with Crippen LogP contribution in [0.25, 0.3) is 0 Å². The number of nitrogens with zero attached hydrogens (tertiary/aromatic N) is 1.